The third-order valence-electron chi connectivity index (χ3n) is 3.24. The second-order valence-corrected chi connectivity index (χ2v) is 5.20. The number of carbonyl (C=O) groups excluding carboxylic acids is 2. The Labute approximate surface area is 142 Å². The number of rotatable bonds is 6. The highest BCUT2D eigenvalue weighted by Gasteiger charge is 2.19. The first-order valence-corrected chi connectivity index (χ1v) is 7.48. The van der Waals surface area contributed by atoms with Crippen LogP contribution < -0.4 is 10.6 Å². The fourth-order valence-corrected chi connectivity index (χ4v) is 2.02. The number of nitrogens with zero attached hydrogens (tertiary/aromatic N) is 3. The lowest BCUT2D eigenvalue weighted by molar-refractivity contribution is -0.115. The molecule has 0 aromatic carbocycles. The van der Waals surface area contributed by atoms with E-state index in [1.807, 2.05) is 0 Å². The van der Waals surface area contributed by atoms with Crippen molar-refractivity contribution >= 4 is 17.6 Å². The van der Waals surface area contributed by atoms with Crippen LogP contribution in [0, 0.1) is 0 Å². The minimum atomic E-state index is -0.512. The molecule has 9 nitrogen and oxygen atoms in total. The van der Waals surface area contributed by atoms with E-state index in [9.17, 15) is 9.59 Å². The summed E-state index contributed by atoms with van der Waals surface area (Å²) in [4.78, 5) is 32.0. The Hall–Kier alpha value is -3.49. The Morgan fingerprint density at radius 1 is 1.28 bits per heavy atom. The third kappa shape index (κ3) is 4.28. The molecule has 25 heavy (non-hydrogen) atoms. The van der Waals surface area contributed by atoms with E-state index in [2.05, 4.69) is 25.8 Å². The summed E-state index contributed by atoms with van der Waals surface area (Å²) < 4.78 is 9.96. The summed E-state index contributed by atoms with van der Waals surface area (Å²) in [5.74, 6) is 0.220. The van der Waals surface area contributed by atoms with E-state index in [1.54, 1.807) is 37.4 Å². The van der Waals surface area contributed by atoms with Gasteiger partial charge in [-0.05, 0) is 25.1 Å². The van der Waals surface area contributed by atoms with Gasteiger partial charge in [0.05, 0.1) is 18.2 Å². The van der Waals surface area contributed by atoms with Crippen LogP contribution in [0.1, 0.15) is 35.0 Å². The first-order valence-electron chi connectivity index (χ1n) is 7.48. The van der Waals surface area contributed by atoms with Crippen LogP contribution in [0.2, 0.25) is 0 Å². The van der Waals surface area contributed by atoms with Gasteiger partial charge in [0.1, 0.15) is 18.1 Å². The molecule has 9 heteroatoms. The van der Waals surface area contributed by atoms with Gasteiger partial charge in [-0.25, -0.2) is 4.98 Å². The highest BCUT2D eigenvalue weighted by Crippen LogP contribution is 2.12. The highest BCUT2D eigenvalue weighted by atomic mass is 16.5. The standard InChI is InChI=1S/C16H15N5O4/c1-10(18-15(23)11-5-7-24-9-11)16-20-13(21-25-16)8-14(22)19-12-4-2-3-6-17-12/h2-7,9-10H,8H2,1H3,(H,18,23)(H,17,19,22). The van der Waals surface area contributed by atoms with E-state index in [4.69, 9.17) is 8.94 Å². The number of nitrogens with one attached hydrogen (secondary N) is 2. The Kier molecular flexibility index (Phi) is 4.84. The summed E-state index contributed by atoms with van der Waals surface area (Å²) in [6, 6.07) is 6.22. The zero-order valence-electron chi connectivity index (χ0n) is 13.3. The number of hydrogen-bond acceptors (Lipinski definition) is 7. The maximum atomic E-state index is 11.9. The van der Waals surface area contributed by atoms with Gasteiger partial charge in [-0.3, -0.25) is 9.59 Å². The molecule has 0 aliphatic carbocycles. The normalized spacial score (nSPS) is 11.7. The number of carbonyl (C=O) groups is 2. The number of furan rings is 1. The smallest absolute Gasteiger partial charge is 0.255 e. The van der Waals surface area contributed by atoms with Crippen molar-refractivity contribution in [3.63, 3.8) is 0 Å². The van der Waals surface area contributed by atoms with Gasteiger partial charge < -0.3 is 19.6 Å². The second-order valence-electron chi connectivity index (χ2n) is 5.20. The molecule has 0 saturated heterocycles. The zero-order valence-corrected chi connectivity index (χ0v) is 13.3. The molecule has 2 amide bonds. The molecule has 3 rings (SSSR count). The SMILES string of the molecule is CC(NC(=O)c1ccoc1)c1nc(CC(=O)Nc2ccccn2)no1. The molecule has 0 spiro atoms. The lowest BCUT2D eigenvalue weighted by Gasteiger charge is -2.07. The largest absolute Gasteiger partial charge is 0.472 e. The molecule has 1 atom stereocenters. The van der Waals surface area contributed by atoms with Gasteiger partial charge in [-0.1, -0.05) is 11.2 Å². The fraction of sp³-hybridized carbons (Fsp3) is 0.188. The van der Waals surface area contributed by atoms with Crippen LogP contribution in [0.25, 0.3) is 0 Å². The van der Waals surface area contributed by atoms with Crippen molar-refractivity contribution in [3.8, 4) is 0 Å². The molecule has 3 aromatic heterocycles. The molecule has 128 valence electrons. The average molecular weight is 341 g/mol. The van der Waals surface area contributed by atoms with Crippen LogP contribution in [0.15, 0.2) is 51.9 Å². The average Bonchev–Trinajstić information content (AvgIpc) is 3.27. The topological polar surface area (TPSA) is 123 Å². The summed E-state index contributed by atoms with van der Waals surface area (Å²) in [6.07, 6.45) is 4.25. The van der Waals surface area contributed by atoms with Crippen LogP contribution in [0.3, 0.4) is 0 Å². The van der Waals surface area contributed by atoms with Gasteiger partial charge >= 0.3 is 0 Å². The van der Waals surface area contributed by atoms with E-state index in [-0.39, 0.29) is 30.0 Å². The molecule has 0 saturated carbocycles. The Bertz CT molecular complexity index is 845. The van der Waals surface area contributed by atoms with Crippen LogP contribution in [-0.2, 0) is 11.2 Å². The Morgan fingerprint density at radius 2 is 2.16 bits per heavy atom. The minimum Gasteiger partial charge on any atom is -0.472 e. The number of anilines is 1. The lowest BCUT2D eigenvalue weighted by atomic mass is 10.2. The van der Waals surface area contributed by atoms with Crippen LogP contribution in [0.5, 0.6) is 0 Å². The third-order valence-corrected chi connectivity index (χ3v) is 3.24. The molecule has 1 unspecified atom stereocenters. The summed E-state index contributed by atoms with van der Waals surface area (Å²) >= 11 is 0. The maximum absolute atomic E-state index is 11.9. The quantitative estimate of drug-likeness (QED) is 0.700. The lowest BCUT2D eigenvalue weighted by Crippen LogP contribution is -2.26. The molecule has 0 radical (unpaired) electrons. The first-order chi connectivity index (χ1) is 12.1. The van der Waals surface area contributed by atoms with Crippen molar-refractivity contribution in [1.82, 2.24) is 20.4 Å². The van der Waals surface area contributed by atoms with E-state index >= 15 is 0 Å². The number of aromatic nitrogens is 3. The number of pyridine rings is 1. The molecular weight excluding hydrogens is 326 g/mol. The Morgan fingerprint density at radius 3 is 2.88 bits per heavy atom. The predicted molar refractivity (Wildman–Crippen MR) is 85.5 cm³/mol. The van der Waals surface area contributed by atoms with Crippen molar-refractivity contribution in [2.24, 2.45) is 0 Å². The van der Waals surface area contributed by atoms with Gasteiger partial charge in [-0.2, -0.15) is 4.98 Å². The van der Waals surface area contributed by atoms with Crippen molar-refractivity contribution < 1.29 is 18.5 Å². The van der Waals surface area contributed by atoms with Crippen molar-refractivity contribution in [2.75, 3.05) is 5.32 Å². The zero-order chi connectivity index (χ0) is 17.6. The molecule has 3 heterocycles. The van der Waals surface area contributed by atoms with E-state index < -0.39 is 6.04 Å². The first kappa shape index (κ1) is 16.4. The molecule has 0 aliphatic rings. The van der Waals surface area contributed by atoms with Gasteiger partial charge in [0, 0.05) is 6.20 Å². The number of amides is 2. The molecule has 2 N–H and O–H groups in total. The van der Waals surface area contributed by atoms with E-state index in [0.717, 1.165) is 0 Å². The minimum absolute atomic E-state index is 0.0670. The van der Waals surface area contributed by atoms with Crippen molar-refractivity contribution in [1.29, 1.82) is 0 Å². The van der Waals surface area contributed by atoms with Crippen LogP contribution in [-0.4, -0.2) is 26.9 Å². The molecular formula is C16H15N5O4. The molecule has 0 bridgehead atoms. The predicted octanol–water partition coefficient (Wildman–Crippen LogP) is 1.73. The van der Waals surface area contributed by atoms with E-state index in [0.29, 0.717) is 11.4 Å². The van der Waals surface area contributed by atoms with Gasteiger partial charge in [0.25, 0.3) is 5.91 Å². The monoisotopic (exact) mass is 341 g/mol. The van der Waals surface area contributed by atoms with Crippen molar-refractivity contribution in [3.05, 3.63) is 60.3 Å². The molecule has 0 aliphatic heterocycles. The van der Waals surface area contributed by atoms with Gasteiger partial charge in [-0.15, -0.1) is 0 Å². The van der Waals surface area contributed by atoms with Crippen LogP contribution in [0.4, 0.5) is 5.82 Å². The summed E-state index contributed by atoms with van der Waals surface area (Å²) in [5.41, 5.74) is 0.390. The summed E-state index contributed by atoms with van der Waals surface area (Å²) in [5, 5.41) is 9.08. The van der Waals surface area contributed by atoms with Gasteiger partial charge in [0.15, 0.2) is 5.82 Å². The van der Waals surface area contributed by atoms with E-state index in [1.165, 1.54) is 12.5 Å². The fourth-order valence-electron chi connectivity index (χ4n) is 2.02. The molecule has 3 aromatic rings. The number of hydrogen-bond donors (Lipinski definition) is 2. The second kappa shape index (κ2) is 7.39. The highest BCUT2D eigenvalue weighted by molar-refractivity contribution is 5.94. The van der Waals surface area contributed by atoms with Crippen molar-refractivity contribution in [2.45, 2.75) is 19.4 Å². The van der Waals surface area contributed by atoms with Gasteiger partial charge in [0.2, 0.25) is 11.8 Å². The summed E-state index contributed by atoms with van der Waals surface area (Å²) in [6.45, 7) is 1.70. The Balaban J connectivity index is 1.56. The molecule has 0 fully saturated rings. The summed E-state index contributed by atoms with van der Waals surface area (Å²) in [7, 11) is 0. The maximum Gasteiger partial charge on any atom is 0.255 e. The van der Waals surface area contributed by atoms with Crippen LogP contribution >= 0.6 is 0 Å².